The maximum atomic E-state index is 11.6. The number of hydrogen-bond acceptors (Lipinski definition) is 4. The number of hydrogen-bond donors (Lipinski definition) is 1. The van der Waals surface area contributed by atoms with Crippen molar-refractivity contribution in [2.45, 2.75) is 32.8 Å². The van der Waals surface area contributed by atoms with Gasteiger partial charge in [0.15, 0.2) is 5.71 Å². The maximum Gasteiger partial charge on any atom is 0.356 e. The Morgan fingerprint density at radius 3 is 2.67 bits per heavy atom. The number of benzene rings is 1. The molecule has 5 heteroatoms. The second-order valence-electron chi connectivity index (χ2n) is 4.09. The van der Waals surface area contributed by atoms with E-state index in [2.05, 4.69) is 21.1 Å². The molecule has 1 N–H and O–H groups in total. The van der Waals surface area contributed by atoms with Gasteiger partial charge in [-0.2, -0.15) is 0 Å². The van der Waals surface area contributed by atoms with E-state index in [1.165, 1.54) is 0 Å². The quantitative estimate of drug-likeness (QED) is 0.393. The predicted octanol–water partition coefficient (Wildman–Crippen LogP) is 3.16. The molecule has 0 saturated carbocycles. The Bertz CT molecular complexity index is 444. The monoisotopic (exact) mass is 313 g/mol. The van der Waals surface area contributed by atoms with Gasteiger partial charge in [0.25, 0.3) is 0 Å². The van der Waals surface area contributed by atoms with Crippen LogP contribution in [0.4, 0.5) is 0 Å². The molecule has 0 fully saturated rings. The molecule has 0 spiro atoms. The Morgan fingerprint density at radius 1 is 1.44 bits per heavy atom. The average Bonchev–Trinajstić information content (AvgIpc) is 2.31. The number of carbonyl (C=O) groups is 1. The fraction of sp³-hybridized carbons (Fsp3) is 0.385. The molecule has 0 aliphatic carbocycles. The molecule has 0 unspecified atom stereocenters. The molecule has 98 valence electrons. The summed E-state index contributed by atoms with van der Waals surface area (Å²) >= 11 is 3.43. The van der Waals surface area contributed by atoms with Gasteiger partial charge in [-0.25, -0.2) is 4.79 Å². The van der Waals surface area contributed by atoms with Crippen LogP contribution in [0.1, 0.15) is 25.8 Å². The molecule has 0 radical (unpaired) electrons. The van der Waals surface area contributed by atoms with Crippen LogP contribution in [0.2, 0.25) is 0 Å². The third-order valence-electron chi connectivity index (χ3n) is 2.29. The van der Waals surface area contributed by atoms with Gasteiger partial charge in [0.05, 0.1) is 6.10 Å². The normalized spacial score (nSPS) is 11.7. The number of aryl methyl sites for hydroxylation is 1. The number of rotatable bonds is 5. The zero-order valence-corrected chi connectivity index (χ0v) is 12.0. The SMILES string of the molecule is CC(C)OC(=O)/C(CCc1ccccc1Br)=N/O. The van der Waals surface area contributed by atoms with Crippen LogP contribution in [0, 0.1) is 0 Å². The van der Waals surface area contributed by atoms with Crippen molar-refractivity contribution in [3.8, 4) is 0 Å². The lowest BCUT2D eigenvalue weighted by atomic mass is 10.1. The zero-order valence-electron chi connectivity index (χ0n) is 10.4. The van der Waals surface area contributed by atoms with Crippen LogP contribution in [-0.2, 0) is 16.0 Å². The summed E-state index contributed by atoms with van der Waals surface area (Å²) in [4.78, 5) is 11.6. The van der Waals surface area contributed by atoms with Gasteiger partial charge < -0.3 is 9.94 Å². The molecule has 1 aromatic rings. The molecule has 0 heterocycles. The Labute approximate surface area is 115 Å². The summed E-state index contributed by atoms with van der Waals surface area (Å²) in [7, 11) is 0. The number of esters is 1. The first kappa shape index (κ1) is 14.7. The van der Waals surface area contributed by atoms with Crippen LogP contribution in [0.5, 0.6) is 0 Å². The third kappa shape index (κ3) is 4.49. The molecule has 0 aromatic heterocycles. The molecule has 0 amide bonds. The van der Waals surface area contributed by atoms with E-state index in [9.17, 15) is 4.79 Å². The lowest BCUT2D eigenvalue weighted by Crippen LogP contribution is -2.21. The van der Waals surface area contributed by atoms with Gasteiger partial charge in [-0.05, 0) is 31.9 Å². The smallest absolute Gasteiger partial charge is 0.356 e. The minimum Gasteiger partial charge on any atom is -0.458 e. The minimum absolute atomic E-state index is 0.0412. The Morgan fingerprint density at radius 2 is 2.11 bits per heavy atom. The molecule has 1 rings (SSSR count). The van der Waals surface area contributed by atoms with Crippen molar-refractivity contribution >= 4 is 27.6 Å². The van der Waals surface area contributed by atoms with Crippen molar-refractivity contribution < 1.29 is 14.7 Å². The van der Waals surface area contributed by atoms with E-state index in [0.717, 1.165) is 10.0 Å². The van der Waals surface area contributed by atoms with Crippen molar-refractivity contribution in [2.24, 2.45) is 5.16 Å². The third-order valence-corrected chi connectivity index (χ3v) is 3.06. The molecule has 0 aliphatic rings. The molecule has 18 heavy (non-hydrogen) atoms. The van der Waals surface area contributed by atoms with E-state index < -0.39 is 5.97 Å². The number of nitrogens with zero attached hydrogens (tertiary/aromatic N) is 1. The lowest BCUT2D eigenvalue weighted by Gasteiger charge is -2.09. The highest BCUT2D eigenvalue weighted by Crippen LogP contribution is 2.17. The molecule has 0 saturated heterocycles. The van der Waals surface area contributed by atoms with Crippen LogP contribution >= 0.6 is 15.9 Å². The topological polar surface area (TPSA) is 58.9 Å². The lowest BCUT2D eigenvalue weighted by molar-refractivity contribution is -0.139. The molecular formula is C13H16BrNO3. The second kappa shape index (κ2) is 7.16. The van der Waals surface area contributed by atoms with E-state index in [1.807, 2.05) is 24.3 Å². The Balaban J connectivity index is 2.61. The van der Waals surface area contributed by atoms with Crippen molar-refractivity contribution in [3.05, 3.63) is 34.3 Å². The largest absolute Gasteiger partial charge is 0.458 e. The molecule has 0 aliphatic heterocycles. The van der Waals surface area contributed by atoms with Crippen molar-refractivity contribution in [1.29, 1.82) is 0 Å². The standard InChI is InChI=1S/C13H16BrNO3/c1-9(2)18-13(16)12(15-17)8-7-10-5-3-4-6-11(10)14/h3-6,9,17H,7-8H2,1-2H3/b15-12+. The van der Waals surface area contributed by atoms with Gasteiger partial charge in [-0.1, -0.05) is 39.3 Å². The summed E-state index contributed by atoms with van der Waals surface area (Å²) in [5.74, 6) is -0.570. The van der Waals surface area contributed by atoms with Gasteiger partial charge in [0.1, 0.15) is 0 Å². The van der Waals surface area contributed by atoms with Gasteiger partial charge >= 0.3 is 5.97 Å². The molecule has 0 atom stereocenters. The summed E-state index contributed by atoms with van der Waals surface area (Å²) < 4.78 is 5.95. The van der Waals surface area contributed by atoms with Crippen molar-refractivity contribution in [3.63, 3.8) is 0 Å². The maximum absolute atomic E-state index is 11.6. The van der Waals surface area contributed by atoms with Crippen molar-refractivity contribution in [2.75, 3.05) is 0 Å². The second-order valence-corrected chi connectivity index (χ2v) is 4.95. The minimum atomic E-state index is -0.570. The van der Waals surface area contributed by atoms with Crippen molar-refractivity contribution in [1.82, 2.24) is 0 Å². The summed E-state index contributed by atoms with van der Waals surface area (Å²) in [6.45, 7) is 3.50. The molecule has 4 nitrogen and oxygen atoms in total. The number of ether oxygens (including phenoxy) is 1. The van der Waals surface area contributed by atoms with Gasteiger partial charge in [0.2, 0.25) is 0 Å². The van der Waals surface area contributed by atoms with E-state index in [-0.39, 0.29) is 11.8 Å². The van der Waals surface area contributed by atoms with E-state index in [0.29, 0.717) is 12.8 Å². The van der Waals surface area contributed by atoms with Crippen LogP contribution < -0.4 is 0 Å². The highest BCUT2D eigenvalue weighted by atomic mass is 79.9. The summed E-state index contributed by atoms with van der Waals surface area (Å²) in [5.41, 5.74) is 1.09. The number of carbonyl (C=O) groups excluding carboxylic acids is 1. The summed E-state index contributed by atoms with van der Waals surface area (Å²) in [6.07, 6.45) is 0.719. The highest BCUT2D eigenvalue weighted by molar-refractivity contribution is 9.10. The van der Waals surface area contributed by atoms with Gasteiger partial charge in [-0.3, -0.25) is 0 Å². The van der Waals surface area contributed by atoms with Crippen LogP contribution in [-0.4, -0.2) is 23.0 Å². The fourth-order valence-corrected chi connectivity index (χ4v) is 1.91. The van der Waals surface area contributed by atoms with Crippen LogP contribution in [0.15, 0.2) is 33.9 Å². The predicted molar refractivity (Wildman–Crippen MR) is 72.9 cm³/mol. The van der Waals surface area contributed by atoms with E-state index >= 15 is 0 Å². The first-order valence-electron chi connectivity index (χ1n) is 5.70. The summed E-state index contributed by atoms with van der Waals surface area (Å²) in [5, 5.41) is 11.8. The summed E-state index contributed by atoms with van der Waals surface area (Å²) in [6, 6.07) is 7.72. The van der Waals surface area contributed by atoms with E-state index in [4.69, 9.17) is 9.94 Å². The number of oxime groups is 1. The first-order chi connectivity index (χ1) is 8.54. The fourth-order valence-electron chi connectivity index (χ4n) is 1.43. The Hall–Kier alpha value is -1.36. The zero-order chi connectivity index (χ0) is 13.5. The number of halogens is 1. The van der Waals surface area contributed by atoms with Crippen LogP contribution in [0.3, 0.4) is 0 Å². The molecule has 0 bridgehead atoms. The highest BCUT2D eigenvalue weighted by Gasteiger charge is 2.15. The van der Waals surface area contributed by atoms with Gasteiger partial charge in [-0.15, -0.1) is 0 Å². The van der Waals surface area contributed by atoms with Crippen LogP contribution in [0.25, 0.3) is 0 Å². The average molecular weight is 314 g/mol. The Kier molecular flexibility index (Phi) is 5.85. The molecule has 1 aromatic carbocycles. The first-order valence-corrected chi connectivity index (χ1v) is 6.49. The molecular weight excluding hydrogens is 298 g/mol. The van der Waals surface area contributed by atoms with Gasteiger partial charge in [0, 0.05) is 10.9 Å². The van der Waals surface area contributed by atoms with E-state index in [1.54, 1.807) is 13.8 Å².